The summed E-state index contributed by atoms with van der Waals surface area (Å²) < 4.78 is 18.6. The molecule has 2 atom stereocenters. The van der Waals surface area contributed by atoms with Crippen LogP contribution in [0.4, 0.5) is 4.39 Å². The highest BCUT2D eigenvalue weighted by atomic mass is 19.1. The van der Waals surface area contributed by atoms with E-state index in [-0.39, 0.29) is 18.1 Å². The smallest absolute Gasteiger partial charge is 0.306 e. The van der Waals surface area contributed by atoms with Crippen LogP contribution >= 0.6 is 0 Å². The number of hydrogen-bond donors (Lipinski definition) is 2. The van der Waals surface area contributed by atoms with Crippen molar-refractivity contribution >= 4 is 5.97 Å². The summed E-state index contributed by atoms with van der Waals surface area (Å²) in [4.78, 5) is 10.8. The van der Waals surface area contributed by atoms with Crippen molar-refractivity contribution in [3.8, 4) is 5.75 Å². The number of halogens is 1. The molecule has 0 unspecified atom stereocenters. The Hall–Kier alpha value is -1.62. The Morgan fingerprint density at radius 2 is 2.35 bits per heavy atom. The predicted molar refractivity (Wildman–Crippen MR) is 57.3 cm³/mol. The number of carboxylic acid groups (broad SMARTS) is 1. The second kappa shape index (κ2) is 4.00. The molecule has 1 heterocycles. The third-order valence-electron chi connectivity index (χ3n) is 2.84. The molecule has 1 aliphatic heterocycles. The third kappa shape index (κ3) is 2.24. The van der Waals surface area contributed by atoms with Crippen LogP contribution in [0.15, 0.2) is 18.2 Å². The molecule has 0 aromatic heterocycles. The van der Waals surface area contributed by atoms with Crippen molar-refractivity contribution in [2.45, 2.75) is 31.5 Å². The van der Waals surface area contributed by atoms with Crippen molar-refractivity contribution < 1.29 is 24.1 Å². The van der Waals surface area contributed by atoms with Crippen LogP contribution in [0, 0.1) is 5.82 Å². The van der Waals surface area contributed by atoms with E-state index in [2.05, 4.69) is 0 Å². The van der Waals surface area contributed by atoms with Crippen molar-refractivity contribution in [1.29, 1.82) is 0 Å². The number of benzene rings is 1. The van der Waals surface area contributed by atoms with Gasteiger partial charge in [0, 0.05) is 12.0 Å². The highest BCUT2D eigenvalue weighted by Gasteiger charge is 2.40. The van der Waals surface area contributed by atoms with Gasteiger partial charge in [0.05, 0.1) is 12.5 Å². The Labute approximate surface area is 97.6 Å². The second-order valence-corrected chi connectivity index (χ2v) is 4.38. The van der Waals surface area contributed by atoms with Gasteiger partial charge < -0.3 is 14.9 Å². The van der Waals surface area contributed by atoms with Gasteiger partial charge in [-0.15, -0.1) is 0 Å². The van der Waals surface area contributed by atoms with E-state index in [4.69, 9.17) is 9.84 Å². The molecule has 0 amide bonds. The van der Waals surface area contributed by atoms with Gasteiger partial charge in [-0.1, -0.05) is 0 Å². The van der Waals surface area contributed by atoms with Gasteiger partial charge in [-0.3, -0.25) is 4.79 Å². The zero-order valence-electron chi connectivity index (χ0n) is 9.31. The monoisotopic (exact) mass is 240 g/mol. The topological polar surface area (TPSA) is 66.8 Å². The molecule has 0 saturated heterocycles. The number of rotatable bonds is 2. The van der Waals surface area contributed by atoms with Gasteiger partial charge in [0.25, 0.3) is 0 Å². The van der Waals surface area contributed by atoms with E-state index in [1.54, 1.807) is 6.92 Å². The number of aliphatic carboxylic acids is 1. The molecule has 0 spiro atoms. The van der Waals surface area contributed by atoms with E-state index in [0.717, 1.165) is 6.07 Å². The van der Waals surface area contributed by atoms with E-state index < -0.39 is 23.8 Å². The summed E-state index contributed by atoms with van der Waals surface area (Å²) in [6, 6.07) is 3.76. The Morgan fingerprint density at radius 1 is 1.65 bits per heavy atom. The minimum absolute atomic E-state index is 0.135. The summed E-state index contributed by atoms with van der Waals surface area (Å²) in [6.07, 6.45) is -0.635. The molecule has 0 bridgehead atoms. The lowest BCUT2D eigenvalue weighted by Gasteiger charge is -2.36. The van der Waals surface area contributed by atoms with Gasteiger partial charge in [0.2, 0.25) is 0 Å². The first-order chi connectivity index (χ1) is 7.90. The van der Waals surface area contributed by atoms with Crippen LogP contribution in [0.5, 0.6) is 5.75 Å². The molecule has 1 aromatic rings. The Kier molecular flexibility index (Phi) is 2.79. The van der Waals surface area contributed by atoms with Gasteiger partial charge in [0.15, 0.2) is 0 Å². The number of hydrogen-bond acceptors (Lipinski definition) is 3. The third-order valence-corrected chi connectivity index (χ3v) is 2.84. The summed E-state index contributed by atoms with van der Waals surface area (Å²) in [6.45, 7) is 1.74. The summed E-state index contributed by atoms with van der Waals surface area (Å²) in [5.41, 5.74) is -1.36. The van der Waals surface area contributed by atoms with E-state index >= 15 is 0 Å². The van der Waals surface area contributed by atoms with E-state index in [1.165, 1.54) is 12.1 Å². The molecule has 92 valence electrons. The average molecular weight is 240 g/mol. The van der Waals surface area contributed by atoms with E-state index in [9.17, 15) is 14.3 Å². The number of carbonyl (C=O) groups is 1. The lowest BCUT2D eigenvalue weighted by Crippen LogP contribution is -2.39. The maximum absolute atomic E-state index is 13.2. The molecule has 4 nitrogen and oxygen atoms in total. The maximum Gasteiger partial charge on any atom is 0.306 e. The van der Waals surface area contributed by atoms with Crippen molar-refractivity contribution in [1.82, 2.24) is 0 Å². The first kappa shape index (κ1) is 11.9. The summed E-state index contributed by atoms with van der Waals surface area (Å²) in [5.74, 6) is -1.31. The Bertz CT molecular complexity index is 460. The van der Waals surface area contributed by atoms with Crippen molar-refractivity contribution in [2.24, 2.45) is 0 Å². The molecule has 17 heavy (non-hydrogen) atoms. The Morgan fingerprint density at radius 3 is 3.00 bits per heavy atom. The predicted octanol–water partition coefficient (Wildman–Crippen LogP) is 1.66. The van der Waals surface area contributed by atoms with Crippen LogP contribution in [-0.2, 0) is 10.4 Å². The molecule has 1 aromatic carbocycles. The molecule has 5 heteroatoms. The van der Waals surface area contributed by atoms with Crippen LogP contribution in [-0.4, -0.2) is 22.3 Å². The van der Waals surface area contributed by atoms with Gasteiger partial charge in [-0.05, 0) is 25.1 Å². The first-order valence-electron chi connectivity index (χ1n) is 5.31. The van der Waals surface area contributed by atoms with Gasteiger partial charge in [-0.25, -0.2) is 4.39 Å². The van der Waals surface area contributed by atoms with Gasteiger partial charge >= 0.3 is 5.97 Å². The van der Waals surface area contributed by atoms with Gasteiger partial charge in [0.1, 0.15) is 17.2 Å². The summed E-state index contributed by atoms with van der Waals surface area (Å²) >= 11 is 0. The van der Waals surface area contributed by atoms with Crippen molar-refractivity contribution in [3.63, 3.8) is 0 Å². The lowest BCUT2D eigenvalue weighted by molar-refractivity contribution is -0.145. The number of ether oxygens (including phenoxy) is 1. The SMILES string of the molecule is C[C@@H]1C[C@@](O)(CC(=O)O)c2cc(F)ccc2O1. The largest absolute Gasteiger partial charge is 0.490 e. The molecule has 2 rings (SSSR count). The fourth-order valence-corrected chi connectivity index (χ4v) is 2.23. The zero-order chi connectivity index (χ0) is 12.6. The number of aliphatic hydroxyl groups is 1. The van der Waals surface area contributed by atoms with E-state index in [1.807, 2.05) is 0 Å². The van der Waals surface area contributed by atoms with Crippen LogP contribution in [0.1, 0.15) is 25.3 Å². The second-order valence-electron chi connectivity index (χ2n) is 4.38. The molecule has 0 fully saturated rings. The fourth-order valence-electron chi connectivity index (χ4n) is 2.23. The van der Waals surface area contributed by atoms with Crippen LogP contribution in [0.2, 0.25) is 0 Å². The molecule has 0 aliphatic carbocycles. The molecule has 1 aliphatic rings. The molecular weight excluding hydrogens is 227 g/mol. The highest BCUT2D eigenvalue weighted by molar-refractivity contribution is 5.69. The quantitative estimate of drug-likeness (QED) is 0.825. The van der Waals surface area contributed by atoms with Crippen molar-refractivity contribution in [3.05, 3.63) is 29.6 Å². The van der Waals surface area contributed by atoms with E-state index in [0.29, 0.717) is 5.75 Å². The minimum atomic E-state index is -1.57. The molecule has 0 radical (unpaired) electrons. The standard InChI is InChI=1S/C12H13FO4/c1-7-5-12(16,6-11(14)15)9-4-8(13)2-3-10(9)17-7/h2-4,7,16H,5-6H2,1H3,(H,14,15)/t7-,12-/m1/s1. The average Bonchev–Trinajstić information content (AvgIpc) is 2.17. The molecule has 2 N–H and O–H groups in total. The fraction of sp³-hybridized carbons (Fsp3) is 0.417. The number of carboxylic acids is 1. The zero-order valence-corrected chi connectivity index (χ0v) is 9.31. The number of fused-ring (bicyclic) bond motifs is 1. The van der Waals surface area contributed by atoms with Crippen molar-refractivity contribution in [2.75, 3.05) is 0 Å². The van der Waals surface area contributed by atoms with Crippen LogP contribution in [0.3, 0.4) is 0 Å². The van der Waals surface area contributed by atoms with Gasteiger partial charge in [-0.2, -0.15) is 0 Å². The first-order valence-corrected chi connectivity index (χ1v) is 5.31. The highest BCUT2D eigenvalue weighted by Crippen LogP contribution is 2.41. The normalized spacial score (nSPS) is 27.1. The summed E-state index contributed by atoms with van der Waals surface area (Å²) in [5, 5.41) is 19.2. The lowest BCUT2D eigenvalue weighted by atomic mass is 9.83. The summed E-state index contributed by atoms with van der Waals surface area (Å²) in [7, 11) is 0. The Balaban J connectivity index is 2.48. The van der Waals surface area contributed by atoms with Crippen LogP contribution < -0.4 is 4.74 Å². The molecular formula is C12H13FO4. The maximum atomic E-state index is 13.2. The minimum Gasteiger partial charge on any atom is -0.490 e. The molecule has 0 saturated carbocycles. The van der Waals surface area contributed by atoms with Crippen LogP contribution in [0.25, 0.3) is 0 Å².